The van der Waals surface area contributed by atoms with Gasteiger partial charge in [-0.15, -0.1) is 0 Å². The van der Waals surface area contributed by atoms with Gasteiger partial charge in [-0.3, -0.25) is 4.79 Å². The van der Waals surface area contributed by atoms with Crippen LogP contribution in [0, 0.1) is 11.8 Å². The van der Waals surface area contributed by atoms with E-state index >= 15 is 0 Å². The fourth-order valence-corrected chi connectivity index (χ4v) is 2.78. The molecule has 1 unspecified atom stereocenters. The first kappa shape index (κ1) is 17.8. The van der Waals surface area contributed by atoms with Crippen LogP contribution in [0.3, 0.4) is 0 Å². The van der Waals surface area contributed by atoms with Crippen molar-refractivity contribution in [3.05, 3.63) is 0 Å². The number of urea groups is 1. The molecule has 21 heavy (non-hydrogen) atoms. The number of rotatable bonds is 7. The number of nitrogens with one attached hydrogen (secondary N) is 2. The number of nitrogens with zero attached hydrogens (tertiary/aromatic N) is 1. The smallest absolute Gasteiger partial charge is 0.315 e. The summed E-state index contributed by atoms with van der Waals surface area (Å²) in [4.78, 5) is 25.0. The number of hydrogen-bond acceptors (Lipinski definition) is 3. The van der Waals surface area contributed by atoms with Gasteiger partial charge in [0, 0.05) is 19.0 Å². The van der Waals surface area contributed by atoms with Crippen molar-refractivity contribution >= 4 is 12.0 Å². The van der Waals surface area contributed by atoms with Crippen LogP contribution in [0.5, 0.6) is 0 Å². The standard InChI is InChI=1S/C15H29N3O3/c1-11(2)8-12(9-14(19)20)10-16-15(21)17-13-4-6-18(3)7-5-13/h11-13H,4-10H2,1-3H3,(H,19,20)(H2,16,17,21). The van der Waals surface area contributed by atoms with Gasteiger partial charge in [-0.25, -0.2) is 4.79 Å². The molecule has 1 atom stereocenters. The molecule has 0 radical (unpaired) electrons. The van der Waals surface area contributed by atoms with Gasteiger partial charge in [0.1, 0.15) is 0 Å². The van der Waals surface area contributed by atoms with Crippen LogP contribution in [0.25, 0.3) is 0 Å². The molecule has 0 aliphatic carbocycles. The molecule has 0 aromatic heterocycles. The van der Waals surface area contributed by atoms with Gasteiger partial charge in [0.25, 0.3) is 0 Å². The highest BCUT2D eigenvalue weighted by atomic mass is 16.4. The van der Waals surface area contributed by atoms with E-state index in [2.05, 4.69) is 36.4 Å². The van der Waals surface area contributed by atoms with Crippen LogP contribution in [0.1, 0.15) is 39.5 Å². The first-order valence-corrected chi connectivity index (χ1v) is 7.81. The Kier molecular flexibility index (Phi) is 7.50. The minimum atomic E-state index is -0.807. The predicted molar refractivity (Wildman–Crippen MR) is 82.3 cm³/mol. The minimum Gasteiger partial charge on any atom is -0.481 e. The van der Waals surface area contributed by atoms with E-state index in [0.717, 1.165) is 32.4 Å². The number of aliphatic carboxylic acids is 1. The number of likely N-dealkylation sites (tertiary alicyclic amines) is 1. The maximum atomic E-state index is 11.9. The van der Waals surface area contributed by atoms with Gasteiger partial charge in [0.15, 0.2) is 0 Å². The van der Waals surface area contributed by atoms with Crippen LogP contribution in [-0.4, -0.2) is 54.7 Å². The van der Waals surface area contributed by atoms with Gasteiger partial charge in [-0.2, -0.15) is 0 Å². The molecule has 1 aliphatic rings. The fraction of sp³-hybridized carbons (Fsp3) is 0.867. The van der Waals surface area contributed by atoms with Crippen LogP contribution in [0.2, 0.25) is 0 Å². The summed E-state index contributed by atoms with van der Waals surface area (Å²) in [5, 5.41) is 14.7. The van der Waals surface area contributed by atoms with E-state index in [0.29, 0.717) is 12.5 Å². The zero-order valence-electron chi connectivity index (χ0n) is 13.4. The van der Waals surface area contributed by atoms with E-state index in [1.54, 1.807) is 0 Å². The maximum absolute atomic E-state index is 11.9. The number of carbonyl (C=O) groups excluding carboxylic acids is 1. The van der Waals surface area contributed by atoms with Gasteiger partial charge in [-0.05, 0) is 51.2 Å². The molecule has 0 aromatic carbocycles. The molecular weight excluding hydrogens is 270 g/mol. The number of piperidine rings is 1. The van der Waals surface area contributed by atoms with E-state index in [1.165, 1.54) is 0 Å². The lowest BCUT2D eigenvalue weighted by Crippen LogP contribution is -2.48. The molecule has 3 N–H and O–H groups in total. The Labute approximate surface area is 127 Å². The summed E-state index contributed by atoms with van der Waals surface area (Å²) >= 11 is 0. The normalized spacial score (nSPS) is 18.5. The molecule has 6 nitrogen and oxygen atoms in total. The topological polar surface area (TPSA) is 81.7 Å². The highest BCUT2D eigenvalue weighted by Crippen LogP contribution is 2.14. The SMILES string of the molecule is CC(C)CC(CNC(=O)NC1CCN(C)CC1)CC(=O)O. The summed E-state index contributed by atoms with van der Waals surface area (Å²) in [7, 11) is 2.08. The summed E-state index contributed by atoms with van der Waals surface area (Å²) in [6.07, 6.45) is 2.84. The van der Waals surface area contributed by atoms with Crippen molar-refractivity contribution < 1.29 is 14.7 Å². The average Bonchev–Trinajstić information content (AvgIpc) is 2.37. The quantitative estimate of drug-likeness (QED) is 0.665. The molecule has 1 rings (SSSR count). The van der Waals surface area contributed by atoms with E-state index in [4.69, 9.17) is 5.11 Å². The first-order valence-electron chi connectivity index (χ1n) is 7.81. The van der Waals surface area contributed by atoms with E-state index in [9.17, 15) is 9.59 Å². The van der Waals surface area contributed by atoms with Crippen molar-refractivity contribution in [2.75, 3.05) is 26.7 Å². The van der Waals surface area contributed by atoms with Gasteiger partial charge in [0.2, 0.25) is 0 Å². The lowest BCUT2D eigenvalue weighted by atomic mass is 9.94. The Hall–Kier alpha value is -1.30. The molecule has 1 saturated heterocycles. The van der Waals surface area contributed by atoms with E-state index in [1.807, 2.05) is 0 Å². The second-order valence-corrected chi connectivity index (χ2v) is 6.53. The zero-order chi connectivity index (χ0) is 15.8. The molecule has 1 heterocycles. The van der Waals surface area contributed by atoms with Crippen LogP contribution in [0.4, 0.5) is 4.79 Å². The molecule has 1 aliphatic heterocycles. The monoisotopic (exact) mass is 299 g/mol. The summed E-state index contributed by atoms with van der Waals surface area (Å²) in [6, 6.07) is 0.0490. The Bertz CT molecular complexity index is 339. The van der Waals surface area contributed by atoms with Crippen LogP contribution < -0.4 is 10.6 Å². The van der Waals surface area contributed by atoms with Gasteiger partial charge < -0.3 is 20.6 Å². The predicted octanol–water partition coefficient (Wildman–Crippen LogP) is 1.52. The lowest BCUT2D eigenvalue weighted by Gasteiger charge is -2.29. The van der Waals surface area contributed by atoms with Crippen molar-refractivity contribution in [2.24, 2.45) is 11.8 Å². The van der Waals surface area contributed by atoms with E-state index in [-0.39, 0.29) is 24.4 Å². The lowest BCUT2D eigenvalue weighted by molar-refractivity contribution is -0.138. The molecular formula is C15H29N3O3. The summed E-state index contributed by atoms with van der Waals surface area (Å²) in [5.41, 5.74) is 0. The number of amides is 2. The fourth-order valence-electron chi connectivity index (χ4n) is 2.78. The minimum absolute atomic E-state index is 0.00857. The Morgan fingerprint density at radius 2 is 1.90 bits per heavy atom. The van der Waals surface area contributed by atoms with Gasteiger partial charge in [-0.1, -0.05) is 13.8 Å². The third-order valence-electron chi connectivity index (χ3n) is 3.87. The molecule has 0 aromatic rings. The number of hydrogen-bond donors (Lipinski definition) is 3. The Morgan fingerprint density at radius 1 is 1.29 bits per heavy atom. The Morgan fingerprint density at radius 3 is 2.43 bits per heavy atom. The molecule has 1 fully saturated rings. The van der Waals surface area contributed by atoms with Crippen molar-refractivity contribution in [3.63, 3.8) is 0 Å². The zero-order valence-corrected chi connectivity index (χ0v) is 13.4. The van der Waals surface area contributed by atoms with Crippen molar-refractivity contribution in [3.8, 4) is 0 Å². The molecule has 0 bridgehead atoms. The second-order valence-electron chi connectivity index (χ2n) is 6.53. The number of carboxylic acid groups (broad SMARTS) is 1. The number of carbonyl (C=O) groups is 2. The van der Waals surface area contributed by atoms with Crippen LogP contribution in [0.15, 0.2) is 0 Å². The maximum Gasteiger partial charge on any atom is 0.315 e. The van der Waals surface area contributed by atoms with Crippen molar-refractivity contribution in [1.82, 2.24) is 15.5 Å². The summed E-state index contributed by atoms with van der Waals surface area (Å²) in [6.45, 7) is 6.55. The highest BCUT2D eigenvalue weighted by Gasteiger charge is 2.20. The molecule has 0 saturated carbocycles. The summed E-state index contributed by atoms with van der Waals surface area (Å²) in [5.74, 6) is -0.392. The summed E-state index contributed by atoms with van der Waals surface area (Å²) < 4.78 is 0. The molecule has 6 heteroatoms. The van der Waals surface area contributed by atoms with Crippen LogP contribution >= 0.6 is 0 Å². The van der Waals surface area contributed by atoms with Crippen LogP contribution in [-0.2, 0) is 4.79 Å². The first-order chi connectivity index (χ1) is 9.86. The second kappa shape index (κ2) is 8.87. The van der Waals surface area contributed by atoms with Gasteiger partial charge in [0.05, 0.1) is 0 Å². The van der Waals surface area contributed by atoms with Crippen molar-refractivity contribution in [1.29, 1.82) is 0 Å². The Balaban J connectivity index is 2.30. The molecule has 2 amide bonds. The highest BCUT2D eigenvalue weighted by molar-refractivity contribution is 5.74. The average molecular weight is 299 g/mol. The molecule has 0 spiro atoms. The van der Waals surface area contributed by atoms with Crippen molar-refractivity contribution in [2.45, 2.75) is 45.6 Å². The third kappa shape index (κ3) is 7.90. The molecule has 122 valence electrons. The third-order valence-corrected chi connectivity index (χ3v) is 3.87. The number of carboxylic acids is 1. The van der Waals surface area contributed by atoms with Gasteiger partial charge >= 0.3 is 12.0 Å². The largest absolute Gasteiger partial charge is 0.481 e. The van der Waals surface area contributed by atoms with E-state index < -0.39 is 5.97 Å².